The van der Waals surface area contributed by atoms with Crippen molar-refractivity contribution in [2.45, 2.75) is 234 Å². The van der Waals surface area contributed by atoms with Crippen molar-refractivity contribution in [1.29, 1.82) is 0 Å². The number of hydrogen-bond donors (Lipinski definition) is 16. The number of aliphatic carboxylic acids is 1. The Balaban J connectivity index is -0.0000000281. The third-order valence-corrected chi connectivity index (χ3v) is 6.88. The van der Waals surface area contributed by atoms with E-state index in [1.165, 1.54) is 0 Å². The van der Waals surface area contributed by atoms with Crippen LogP contribution in [-0.2, 0) is 106 Å². The molecule has 0 bridgehead atoms. The predicted molar refractivity (Wildman–Crippen MR) is 453 cm³/mol. The summed E-state index contributed by atoms with van der Waals surface area (Å²) in [5, 5.41) is 17.2. The van der Waals surface area contributed by atoms with Gasteiger partial charge in [-0.3, -0.25) is 4.79 Å². The van der Waals surface area contributed by atoms with Crippen molar-refractivity contribution in [3.05, 3.63) is 50.9 Å². The average molecular weight is 1640 g/mol. The number of carboxylic acids is 1. The van der Waals surface area contributed by atoms with E-state index in [-0.39, 0.29) is 179 Å². The van der Waals surface area contributed by atoms with Crippen LogP contribution >= 0.6 is 35.3 Å². The molecule has 1 aromatic heterocycles. The Morgan fingerprint density at radius 3 is 0.827 bits per heavy atom. The Morgan fingerprint density at radius 2 is 0.683 bits per heavy atom. The van der Waals surface area contributed by atoms with Crippen LogP contribution in [-0.4, -0.2) is 227 Å². The van der Waals surface area contributed by atoms with Crippen LogP contribution in [0, 0.1) is 26.7 Å². The molecule has 0 aliphatic carbocycles. The molecule has 29 N–H and O–H groups in total. The number of benzene rings is 1. The third-order valence-electron chi connectivity index (χ3n) is 6.88. The number of aromatic nitrogens is 1. The van der Waals surface area contributed by atoms with Crippen LogP contribution in [0.15, 0.2) is 30.5 Å². The summed E-state index contributed by atoms with van der Waals surface area (Å²) in [5.74, 6) is -0.125. The number of nitrogens with one attached hydrogen (secondary N) is 1. The Hall–Kier alpha value is -4.47. The number of aliphatic hydroxyl groups excluding tert-OH is 1. The summed E-state index contributed by atoms with van der Waals surface area (Å²) >= 11 is 5.25. The predicted octanol–water partition coefficient (Wildman–Crippen LogP) is 5.03. The average Bonchev–Trinajstić information content (AvgIpc) is 1.69. The first-order valence-corrected chi connectivity index (χ1v) is 34.4. The minimum Gasteiger partial charge on any atom is -0.481 e. The van der Waals surface area contributed by atoms with Gasteiger partial charge in [0.2, 0.25) is 0 Å². The molecule has 0 fully saturated rings. The van der Waals surface area contributed by atoms with Crippen molar-refractivity contribution < 1.29 is 110 Å². The van der Waals surface area contributed by atoms with Gasteiger partial charge in [0, 0.05) is 69.3 Å². The summed E-state index contributed by atoms with van der Waals surface area (Å²) in [6.07, 6.45) is 24.6. The van der Waals surface area contributed by atoms with Crippen LogP contribution in [0.1, 0.15) is 166 Å². The summed E-state index contributed by atoms with van der Waals surface area (Å²) in [7, 11) is 0. The number of carbonyl (C=O) groups is 14. The first-order chi connectivity index (χ1) is 44.3. The van der Waals surface area contributed by atoms with E-state index in [0.717, 1.165) is 41.7 Å². The van der Waals surface area contributed by atoms with Gasteiger partial charge in [0.25, 0.3) is 0 Å². The Bertz CT molecular complexity index is 1790. The van der Waals surface area contributed by atoms with Gasteiger partial charge < -0.3 is 167 Å². The van der Waals surface area contributed by atoms with Crippen LogP contribution in [0.3, 0.4) is 0 Å². The van der Waals surface area contributed by atoms with Crippen molar-refractivity contribution in [3.8, 4) is 0 Å². The molecular weight excluding hydrogens is 1480 g/mol. The Morgan fingerprint density at radius 1 is 0.442 bits per heavy atom. The molecule has 2 aromatic rings. The molecule has 1 radical (unpaired) electrons. The van der Waals surface area contributed by atoms with Crippen LogP contribution in [0.5, 0.6) is 0 Å². The van der Waals surface area contributed by atoms with Crippen LogP contribution in [0.2, 0.25) is 0 Å². The normalized spacial score (nSPS) is 10.8. The maximum atomic E-state index is 10.4. The Kier molecular flexibility index (Phi) is 275. The van der Waals surface area contributed by atoms with Crippen LogP contribution in [0.4, 0.5) is 0 Å². The summed E-state index contributed by atoms with van der Waals surface area (Å²) < 4.78 is 0. The standard InChI is InChI=1S/C11H12N2O.C6H13NO.C5H9NO3.C5H11NO.C3H7NO2.6C3H7NO.2C2H5NO.3C2H6S.2C2H6.6CH4.2CH3.Y/c12-9(7-14)5-8-6-13-11-4-2-1-3-10(8)11;1-5(2)3-6(7)4-8;6-4(3-7)1-2-5(8)9;1-4(2)5(6)3-7;4-3(1-5)2-6;6*1-3(4)2-5;2*3-1-2-4;3*1-3-2;2*1-2;;;;;;;;;/h1-4,6-7,9,13H,5,12H2;4-6H,3,7H2,1-2H3;3-4H,1-2,6H2,(H,8,9);3-5H,6H2,1-2H3;1,3,6H,2,4H2;6*2-3H,4H2,1H3;2*2H,1,3H2;3*1-2H3;2*1-2H3;6*1H4;2*1H3;/q;;;;;;;;;;;;;;;;;;;;;;;;2*-1;/t9-;6-;4-;5-;7*3-;;;;;;;;;;;;;;;;/m11100111111................/s1. The molecule has 104 heavy (non-hydrogen) atoms. The molecule has 0 aliphatic heterocycles. The van der Waals surface area contributed by atoms with Gasteiger partial charge in [-0.1, -0.05) is 118 Å². The van der Waals surface area contributed by atoms with Crippen molar-refractivity contribution in [2.75, 3.05) is 57.2 Å². The number of carboxylic acid groups (broad SMARTS) is 1. The van der Waals surface area contributed by atoms with E-state index in [4.69, 9.17) is 82.9 Å². The molecule has 0 unspecified atom stereocenters. The topological polar surface area (TPSA) is 633 Å². The van der Waals surface area contributed by atoms with Gasteiger partial charge in [0.05, 0.1) is 73.1 Å². The monoisotopic (exact) mass is 1640 g/mol. The first kappa shape index (κ1) is 174. The number of H-pyrrole nitrogens is 1. The van der Waals surface area contributed by atoms with Crippen LogP contribution < -0.4 is 74.5 Å². The number of carbonyl (C=O) groups excluding carboxylic acids is 13. The molecule has 633 valence electrons. The second-order valence-corrected chi connectivity index (χ2v) is 20.9. The molecule has 0 saturated carbocycles. The van der Waals surface area contributed by atoms with E-state index < -0.39 is 24.1 Å². The zero-order chi connectivity index (χ0) is 79.3. The van der Waals surface area contributed by atoms with Gasteiger partial charge in [-0.15, -0.1) is 0 Å². The number of para-hydroxylation sites is 1. The van der Waals surface area contributed by atoms with Crippen molar-refractivity contribution in [2.24, 2.45) is 86.4 Å². The fourth-order valence-corrected chi connectivity index (χ4v) is 2.76. The summed E-state index contributed by atoms with van der Waals surface area (Å²) in [6.45, 7) is 25.7. The molecular formula is C70H164N14O16S3Y-2. The number of aromatic amines is 1. The van der Waals surface area contributed by atoms with Crippen molar-refractivity contribution >= 4 is 134 Å². The van der Waals surface area contributed by atoms with E-state index in [0.29, 0.717) is 75.2 Å². The molecule has 11 atom stereocenters. The molecule has 2 rings (SSSR count). The van der Waals surface area contributed by atoms with E-state index in [1.54, 1.807) is 76.8 Å². The van der Waals surface area contributed by atoms with Gasteiger partial charge in [0.1, 0.15) is 81.7 Å². The molecule has 0 aliphatic rings. The molecule has 34 heteroatoms. The number of hydrogen-bond acceptors (Lipinski definition) is 31. The maximum absolute atomic E-state index is 10.4. The van der Waals surface area contributed by atoms with E-state index >= 15 is 0 Å². The molecule has 1 heterocycles. The molecule has 0 spiro atoms. The number of nitrogens with two attached hydrogens (primary N) is 13. The van der Waals surface area contributed by atoms with Crippen molar-refractivity contribution in [3.63, 3.8) is 0 Å². The van der Waals surface area contributed by atoms with Gasteiger partial charge in [0.15, 0.2) is 0 Å². The fraction of sp³-hybridized carbons (Fsp3) is 0.657. The summed E-state index contributed by atoms with van der Waals surface area (Å²) in [4.78, 5) is 137. The molecule has 0 saturated heterocycles. The van der Waals surface area contributed by atoms with Gasteiger partial charge in [-0.05, 0) is 122 Å². The van der Waals surface area contributed by atoms with E-state index in [9.17, 15) is 57.5 Å². The number of thioether (sulfide) groups is 3. The number of fused-ring (bicyclic) bond motifs is 1. The number of aldehydes is 13. The van der Waals surface area contributed by atoms with Crippen molar-refractivity contribution in [1.82, 2.24) is 4.98 Å². The minimum atomic E-state index is -0.924. The first-order valence-electron chi connectivity index (χ1n) is 29.5. The van der Waals surface area contributed by atoms with Gasteiger partial charge in [-0.2, -0.15) is 35.3 Å². The SMILES string of the molecule is C.C.C.C.C.C.CC.CC.CC(C)C[C@@H](N)C=O.CC(C)[C@@H](N)C=O.CSC.CSC.CSC.C[C@@H](N)C=O.C[C@@H](N)C=O.C[C@@H](N)C=O.C[C@@H](N)C=O.C[C@@H](N)C=O.C[C@@H](N)C=O.NCC=O.NCC=O.N[C@@H](C=O)CCC(=O)O.N[C@@H](C=O)CO.N[C@@H](C=O)Cc1c[nH]c2ccccc12.[CH3-].[CH3-].[Y]. The largest absolute Gasteiger partial charge is 0.481 e. The minimum absolute atomic E-state index is 0. The van der Waals surface area contributed by atoms with Crippen LogP contribution in [0.25, 0.3) is 10.9 Å². The summed E-state index contributed by atoms with van der Waals surface area (Å²) in [6, 6.07) is 3.95. The third kappa shape index (κ3) is 265. The van der Waals surface area contributed by atoms with E-state index in [2.05, 4.69) is 16.5 Å². The number of aliphatic hydroxyl groups is 1. The zero-order valence-corrected chi connectivity index (χ0v) is 68.6. The second-order valence-electron chi connectivity index (χ2n) is 18.5. The smallest absolute Gasteiger partial charge is 0.303 e. The number of rotatable bonds is 22. The van der Waals surface area contributed by atoms with Gasteiger partial charge in [-0.25, -0.2) is 0 Å². The molecule has 0 amide bonds. The molecule has 1 aromatic carbocycles. The van der Waals surface area contributed by atoms with E-state index in [1.807, 2.05) is 123 Å². The maximum Gasteiger partial charge on any atom is 0.303 e. The second kappa shape index (κ2) is 164. The molecule has 30 nitrogen and oxygen atoms in total. The zero-order valence-electron chi connectivity index (χ0n) is 63.3. The fourth-order valence-electron chi connectivity index (χ4n) is 2.76. The quantitative estimate of drug-likeness (QED) is 0.0542. The Labute approximate surface area is 672 Å². The summed E-state index contributed by atoms with van der Waals surface area (Å²) in [5.41, 5.74) is 67.1. The van der Waals surface area contributed by atoms with Gasteiger partial charge >= 0.3 is 5.97 Å².